The van der Waals surface area contributed by atoms with Crippen LogP contribution in [0.15, 0.2) is 0 Å². The van der Waals surface area contributed by atoms with E-state index < -0.39 is 9.76 Å². The van der Waals surface area contributed by atoms with E-state index in [1.165, 1.54) is 0 Å². The third-order valence-corrected chi connectivity index (χ3v) is 2.56. The summed E-state index contributed by atoms with van der Waals surface area (Å²) in [4.78, 5) is 11.1. The van der Waals surface area contributed by atoms with Crippen molar-refractivity contribution in [3.05, 3.63) is 0 Å². The smallest absolute Gasteiger partial charge is 0.384 e. The largest absolute Gasteiger partial charge is 0.452 e. The highest BCUT2D eigenvalue weighted by Gasteiger charge is 2.44. The number of hydrogen-bond acceptors (Lipinski definition) is 2. The van der Waals surface area contributed by atoms with Gasteiger partial charge in [-0.05, 0) is 11.8 Å². The molecule has 0 spiro atoms. The number of ether oxygens (including phenoxy) is 1. The van der Waals surface area contributed by atoms with E-state index in [0.29, 0.717) is 0 Å². The van der Waals surface area contributed by atoms with Gasteiger partial charge in [0.05, 0.1) is 0 Å². The Balaban J connectivity index is 2.31. The van der Waals surface area contributed by atoms with Crippen molar-refractivity contribution in [1.29, 1.82) is 0 Å². The predicted molar refractivity (Wildman–Crippen MR) is 60.9 cm³/mol. The van der Waals surface area contributed by atoms with Gasteiger partial charge in [-0.1, -0.05) is 54.6 Å². The molecule has 0 heterocycles. The fourth-order valence-corrected chi connectivity index (χ4v) is 1.21. The lowest BCUT2D eigenvalue weighted by atomic mass is 10.1. The van der Waals surface area contributed by atoms with Gasteiger partial charge in [0.2, 0.25) is 3.79 Å². The zero-order chi connectivity index (χ0) is 11.7. The zero-order valence-corrected chi connectivity index (χ0v) is 10.7. The third kappa shape index (κ3) is 4.97. The van der Waals surface area contributed by atoms with Gasteiger partial charge in [-0.25, -0.2) is 4.79 Å². The number of carbonyl (C=O) groups excluding carboxylic acids is 1. The summed E-state index contributed by atoms with van der Waals surface area (Å²) in [6, 6.07) is 0. The van der Waals surface area contributed by atoms with Crippen molar-refractivity contribution in [1.82, 2.24) is 0 Å². The Kier molecular flexibility index (Phi) is 3.81. The number of hydrogen-bond donors (Lipinski definition) is 0. The number of esters is 1. The summed E-state index contributed by atoms with van der Waals surface area (Å²) in [6.07, 6.45) is 1.01. The number of carbonyl (C=O) groups is 1. The first kappa shape index (κ1) is 13.0. The molecule has 0 aliphatic heterocycles. The van der Waals surface area contributed by atoms with Crippen LogP contribution in [0.2, 0.25) is 0 Å². The van der Waals surface area contributed by atoms with Crippen LogP contribution in [0.1, 0.15) is 20.3 Å². The van der Waals surface area contributed by atoms with Crippen LogP contribution < -0.4 is 0 Å². The molecular formula is C10H11Cl3O2. The second-order valence-electron chi connectivity index (χ2n) is 4.21. The molecule has 0 amide bonds. The molecule has 1 fully saturated rings. The maximum Gasteiger partial charge on any atom is 0.384 e. The van der Waals surface area contributed by atoms with E-state index in [1.54, 1.807) is 0 Å². The van der Waals surface area contributed by atoms with Crippen molar-refractivity contribution >= 4 is 40.8 Å². The highest BCUT2D eigenvalue weighted by molar-refractivity contribution is 6.67. The Hall–Kier alpha value is -0.100. The molecule has 1 atom stereocenters. The number of rotatable bonds is 1. The molecule has 1 rings (SSSR count). The Morgan fingerprint density at radius 3 is 2.47 bits per heavy atom. The van der Waals surface area contributed by atoms with Crippen LogP contribution in [-0.2, 0) is 9.53 Å². The van der Waals surface area contributed by atoms with Gasteiger partial charge in [0.15, 0.2) is 0 Å². The third-order valence-electron chi connectivity index (χ3n) is 2.23. The minimum atomic E-state index is -1.57. The van der Waals surface area contributed by atoms with Crippen LogP contribution in [0.25, 0.3) is 0 Å². The van der Waals surface area contributed by atoms with Crippen molar-refractivity contribution in [2.45, 2.75) is 24.1 Å². The van der Waals surface area contributed by atoms with Crippen molar-refractivity contribution in [2.75, 3.05) is 6.61 Å². The minimum absolute atomic E-state index is 0.225. The Morgan fingerprint density at radius 2 is 2.07 bits per heavy atom. The summed E-state index contributed by atoms with van der Waals surface area (Å²) in [7, 11) is 0. The van der Waals surface area contributed by atoms with Crippen LogP contribution in [0.3, 0.4) is 0 Å². The van der Waals surface area contributed by atoms with Crippen LogP contribution in [0.4, 0.5) is 0 Å². The highest BCUT2D eigenvalue weighted by atomic mass is 35.6. The van der Waals surface area contributed by atoms with Gasteiger partial charge in [0, 0.05) is 11.8 Å². The van der Waals surface area contributed by atoms with E-state index in [-0.39, 0.29) is 17.9 Å². The second-order valence-corrected chi connectivity index (χ2v) is 6.72. The first-order valence-corrected chi connectivity index (χ1v) is 5.59. The van der Waals surface area contributed by atoms with Gasteiger partial charge in [-0.2, -0.15) is 0 Å². The molecule has 1 aliphatic carbocycles. The fourth-order valence-electron chi connectivity index (χ4n) is 1.04. The van der Waals surface area contributed by atoms with Gasteiger partial charge in [0.25, 0.3) is 0 Å². The highest BCUT2D eigenvalue weighted by Crippen LogP contribution is 2.50. The predicted octanol–water partition coefficient (Wildman–Crippen LogP) is 2.95. The fraction of sp³-hybridized carbons (Fsp3) is 0.700. The Labute approximate surface area is 104 Å². The van der Waals surface area contributed by atoms with E-state index in [2.05, 4.69) is 30.4 Å². The van der Waals surface area contributed by atoms with Crippen molar-refractivity contribution < 1.29 is 9.53 Å². The average molecular weight is 270 g/mol. The van der Waals surface area contributed by atoms with Gasteiger partial charge in [-0.15, -0.1) is 0 Å². The molecule has 0 N–H and O–H groups in total. The molecule has 0 bridgehead atoms. The molecule has 0 aromatic carbocycles. The van der Waals surface area contributed by atoms with Crippen molar-refractivity contribution in [3.63, 3.8) is 0 Å². The van der Waals surface area contributed by atoms with E-state index >= 15 is 0 Å². The minimum Gasteiger partial charge on any atom is -0.452 e. The molecule has 1 aliphatic rings. The average Bonchev–Trinajstić information content (AvgIpc) is 2.66. The molecule has 1 unspecified atom stereocenters. The molecular weight excluding hydrogens is 258 g/mol. The number of alkyl halides is 3. The monoisotopic (exact) mass is 268 g/mol. The molecule has 0 aromatic rings. The molecule has 0 aromatic heterocycles. The van der Waals surface area contributed by atoms with E-state index in [1.807, 2.05) is 0 Å². The zero-order valence-electron chi connectivity index (χ0n) is 8.44. The molecule has 2 nitrogen and oxygen atoms in total. The van der Waals surface area contributed by atoms with Gasteiger partial charge < -0.3 is 4.74 Å². The normalized spacial score (nSPS) is 22.6. The number of halogens is 3. The van der Waals surface area contributed by atoms with Gasteiger partial charge >= 0.3 is 5.97 Å². The molecule has 0 radical (unpaired) electrons. The second kappa shape index (κ2) is 4.41. The quantitative estimate of drug-likeness (QED) is 0.317. The van der Waals surface area contributed by atoms with Crippen LogP contribution in [0.5, 0.6) is 0 Å². The van der Waals surface area contributed by atoms with Crippen molar-refractivity contribution in [2.24, 2.45) is 11.3 Å². The van der Waals surface area contributed by atoms with E-state index in [4.69, 9.17) is 34.8 Å². The lowest BCUT2D eigenvalue weighted by molar-refractivity contribution is -0.136. The Morgan fingerprint density at radius 1 is 1.53 bits per heavy atom. The van der Waals surface area contributed by atoms with Gasteiger partial charge in [-0.3, -0.25) is 0 Å². The SMILES string of the molecule is CC1(C)CC1C#CC(=O)OCC(Cl)(Cl)Cl. The van der Waals surface area contributed by atoms with Gasteiger partial charge in [0.1, 0.15) is 6.61 Å². The van der Waals surface area contributed by atoms with Crippen LogP contribution >= 0.6 is 34.8 Å². The van der Waals surface area contributed by atoms with Crippen molar-refractivity contribution in [3.8, 4) is 11.8 Å². The summed E-state index contributed by atoms with van der Waals surface area (Å²) in [5, 5.41) is 0. The summed E-state index contributed by atoms with van der Waals surface area (Å²) < 4.78 is 3.07. The summed E-state index contributed by atoms with van der Waals surface area (Å²) in [6.45, 7) is 3.91. The maximum absolute atomic E-state index is 11.1. The summed E-state index contributed by atoms with van der Waals surface area (Å²) in [5.74, 6) is 4.84. The molecule has 15 heavy (non-hydrogen) atoms. The molecule has 5 heteroatoms. The standard InChI is InChI=1S/C10H11Cl3O2/c1-9(2)5-7(9)3-4-8(14)15-6-10(11,12)13/h7H,5-6H2,1-2H3. The summed E-state index contributed by atoms with van der Waals surface area (Å²) in [5.41, 5.74) is 0.225. The molecule has 84 valence electrons. The first-order chi connectivity index (χ1) is 6.71. The van der Waals surface area contributed by atoms with E-state index in [0.717, 1.165) is 6.42 Å². The lowest BCUT2D eigenvalue weighted by Crippen LogP contribution is -2.16. The molecule has 1 saturated carbocycles. The lowest BCUT2D eigenvalue weighted by Gasteiger charge is -2.08. The van der Waals surface area contributed by atoms with E-state index in [9.17, 15) is 4.79 Å². The summed E-state index contributed by atoms with van der Waals surface area (Å²) >= 11 is 16.2. The first-order valence-electron chi connectivity index (χ1n) is 4.46. The topological polar surface area (TPSA) is 26.3 Å². The maximum atomic E-state index is 11.1. The molecule has 0 saturated heterocycles. The van der Waals surface area contributed by atoms with Crippen LogP contribution in [-0.4, -0.2) is 16.4 Å². The Bertz CT molecular complexity index is 320. The van der Waals surface area contributed by atoms with Crippen LogP contribution in [0, 0.1) is 23.2 Å².